The molecule has 0 bridgehead atoms. The van der Waals surface area contributed by atoms with Gasteiger partial charge in [0.15, 0.2) is 0 Å². The standard InChI is InChI=1S/C12H15NOS/c1-12(14,6-7-13)11-8-9-4-2-3-5-10(9)15-11/h2-5,8,14H,6-7,13H2,1H3. The molecule has 3 N–H and O–H groups in total. The Bertz CT molecular complexity index is 428. The minimum Gasteiger partial charge on any atom is -0.385 e. The van der Waals surface area contributed by atoms with E-state index in [4.69, 9.17) is 5.73 Å². The highest BCUT2D eigenvalue weighted by molar-refractivity contribution is 7.19. The SMILES string of the molecule is CC(O)(CCN)c1cc2ccccc2s1. The molecule has 1 aromatic heterocycles. The van der Waals surface area contributed by atoms with Crippen LogP contribution in [0.15, 0.2) is 30.3 Å². The van der Waals surface area contributed by atoms with Crippen molar-refractivity contribution in [2.24, 2.45) is 5.73 Å². The summed E-state index contributed by atoms with van der Waals surface area (Å²) in [7, 11) is 0. The average Bonchev–Trinajstić information content (AvgIpc) is 2.61. The number of aliphatic hydroxyl groups is 1. The van der Waals surface area contributed by atoms with E-state index >= 15 is 0 Å². The molecule has 0 saturated heterocycles. The summed E-state index contributed by atoms with van der Waals surface area (Å²) in [5, 5.41) is 11.4. The third kappa shape index (κ3) is 2.04. The third-order valence-electron chi connectivity index (χ3n) is 2.59. The van der Waals surface area contributed by atoms with Crippen molar-refractivity contribution >= 4 is 21.4 Å². The highest BCUT2D eigenvalue weighted by Gasteiger charge is 2.24. The summed E-state index contributed by atoms with van der Waals surface area (Å²) in [5.41, 5.74) is 4.70. The van der Waals surface area contributed by atoms with Crippen LogP contribution in [0.3, 0.4) is 0 Å². The van der Waals surface area contributed by atoms with E-state index in [-0.39, 0.29) is 0 Å². The lowest BCUT2D eigenvalue weighted by atomic mass is 10.0. The molecule has 0 aliphatic carbocycles. The topological polar surface area (TPSA) is 46.2 Å². The molecule has 15 heavy (non-hydrogen) atoms. The zero-order valence-corrected chi connectivity index (χ0v) is 9.55. The van der Waals surface area contributed by atoms with E-state index in [0.717, 1.165) is 4.88 Å². The molecule has 2 aromatic rings. The molecule has 1 unspecified atom stereocenters. The van der Waals surface area contributed by atoms with E-state index in [1.54, 1.807) is 11.3 Å². The smallest absolute Gasteiger partial charge is 0.0972 e. The van der Waals surface area contributed by atoms with Gasteiger partial charge in [0.2, 0.25) is 0 Å². The van der Waals surface area contributed by atoms with Crippen LogP contribution in [-0.4, -0.2) is 11.7 Å². The van der Waals surface area contributed by atoms with Crippen molar-refractivity contribution in [1.29, 1.82) is 0 Å². The molecule has 2 rings (SSSR count). The molecule has 80 valence electrons. The first-order valence-electron chi connectivity index (χ1n) is 5.05. The van der Waals surface area contributed by atoms with Crippen LogP contribution in [0.25, 0.3) is 10.1 Å². The fraction of sp³-hybridized carbons (Fsp3) is 0.333. The fourth-order valence-electron chi connectivity index (χ4n) is 1.65. The summed E-state index contributed by atoms with van der Waals surface area (Å²) >= 11 is 1.64. The Morgan fingerprint density at radius 1 is 1.40 bits per heavy atom. The molecule has 0 spiro atoms. The number of thiophene rings is 1. The minimum absolute atomic E-state index is 0.501. The summed E-state index contributed by atoms with van der Waals surface area (Å²) in [4.78, 5) is 0.995. The number of benzene rings is 1. The maximum atomic E-state index is 10.2. The Kier molecular flexibility index (Phi) is 2.78. The van der Waals surface area contributed by atoms with Gasteiger partial charge in [0.1, 0.15) is 0 Å². The zero-order chi connectivity index (χ0) is 10.9. The van der Waals surface area contributed by atoms with Crippen molar-refractivity contribution in [3.63, 3.8) is 0 Å². The van der Waals surface area contributed by atoms with Crippen LogP contribution >= 0.6 is 11.3 Å². The number of hydrogen-bond acceptors (Lipinski definition) is 3. The molecule has 0 aliphatic heterocycles. The van der Waals surface area contributed by atoms with Crippen LogP contribution < -0.4 is 5.73 Å². The highest BCUT2D eigenvalue weighted by Crippen LogP contribution is 2.34. The van der Waals surface area contributed by atoms with Crippen molar-refractivity contribution in [2.45, 2.75) is 18.9 Å². The van der Waals surface area contributed by atoms with Gasteiger partial charge >= 0.3 is 0 Å². The number of fused-ring (bicyclic) bond motifs is 1. The van der Waals surface area contributed by atoms with Gasteiger partial charge in [0, 0.05) is 9.58 Å². The Morgan fingerprint density at radius 2 is 2.13 bits per heavy atom. The monoisotopic (exact) mass is 221 g/mol. The second-order valence-corrected chi connectivity index (χ2v) is 5.04. The fourth-order valence-corrected chi connectivity index (χ4v) is 2.79. The summed E-state index contributed by atoms with van der Waals surface area (Å²) in [6.45, 7) is 2.33. The van der Waals surface area contributed by atoms with E-state index in [1.807, 2.05) is 19.1 Å². The average molecular weight is 221 g/mol. The predicted octanol–water partition coefficient (Wildman–Crippen LogP) is 2.46. The molecule has 0 fully saturated rings. The number of nitrogens with two attached hydrogens (primary N) is 1. The second kappa shape index (κ2) is 3.93. The lowest BCUT2D eigenvalue weighted by molar-refractivity contribution is 0.0543. The van der Waals surface area contributed by atoms with Gasteiger partial charge in [-0.2, -0.15) is 0 Å². The van der Waals surface area contributed by atoms with Gasteiger partial charge < -0.3 is 10.8 Å². The Hall–Kier alpha value is -0.900. The van der Waals surface area contributed by atoms with Gasteiger partial charge in [-0.1, -0.05) is 18.2 Å². The van der Waals surface area contributed by atoms with E-state index < -0.39 is 5.60 Å². The molecular formula is C12H15NOS. The molecule has 1 atom stereocenters. The first-order chi connectivity index (χ1) is 7.13. The molecule has 2 nitrogen and oxygen atoms in total. The summed E-state index contributed by atoms with van der Waals surface area (Å²) in [6, 6.07) is 10.2. The molecule has 1 aromatic carbocycles. The van der Waals surface area contributed by atoms with Gasteiger partial charge in [-0.05, 0) is 37.4 Å². The van der Waals surface area contributed by atoms with E-state index in [2.05, 4.69) is 18.2 Å². The van der Waals surface area contributed by atoms with Crippen molar-refractivity contribution < 1.29 is 5.11 Å². The summed E-state index contributed by atoms with van der Waals surface area (Å²) in [6.07, 6.45) is 0.597. The normalized spacial score (nSPS) is 15.4. The van der Waals surface area contributed by atoms with E-state index in [9.17, 15) is 5.11 Å². The van der Waals surface area contributed by atoms with Crippen molar-refractivity contribution in [1.82, 2.24) is 0 Å². The van der Waals surface area contributed by atoms with E-state index in [1.165, 1.54) is 10.1 Å². The summed E-state index contributed by atoms with van der Waals surface area (Å²) < 4.78 is 1.21. The first kappa shape index (κ1) is 10.6. The number of rotatable bonds is 3. The Labute approximate surface area is 93.3 Å². The third-order valence-corrected chi connectivity index (χ3v) is 3.96. The lowest BCUT2D eigenvalue weighted by Gasteiger charge is -2.20. The number of hydrogen-bond donors (Lipinski definition) is 2. The molecule has 0 saturated carbocycles. The van der Waals surface area contributed by atoms with Gasteiger partial charge in [-0.15, -0.1) is 11.3 Å². The van der Waals surface area contributed by atoms with Crippen LogP contribution in [0.5, 0.6) is 0 Å². The molecular weight excluding hydrogens is 206 g/mol. The van der Waals surface area contributed by atoms with Crippen LogP contribution in [0.1, 0.15) is 18.2 Å². The van der Waals surface area contributed by atoms with Gasteiger partial charge in [-0.3, -0.25) is 0 Å². The Balaban J connectivity index is 2.44. The predicted molar refractivity (Wildman–Crippen MR) is 65.1 cm³/mol. The van der Waals surface area contributed by atoms with Gasteiger partial charge in [0.05, 0.1) is 5.60 Å². The molecule has 0 amide bonds. The minimum atomic E-state index is -0.793. The van der Waals surface area contributed by atoms with Gasteiger partial charge in [-0.25, -0.2) is 0 Å². The maximum absolute atomic E-state index is 10.2. The summed E-state index contributed by atoms with van der Waals surface area (Å²) in [5.74, 6) is 0. The van der Waals surface area contributed by atoms with Crippen molar-refractivity contribution in [3.8, 4) is 0 Å². The quantitative estimate of drug-likeness (QED) is 0.836. The van der Waals surface area contributed by atoms with Gasteiger partial charge in [0.25, 0.3) is 0 Å². The Morgan fingerprint density at radius 3 is 2.80 bits per heavy atom. The maximum Gasteiger partial charge on any atom is 0.0972 e. The van der Waals surface area contributed by atoms with Crippen molar-refractivity contribution in [3.05, 3.63) is 35.2 Å². The van der Waals surface area contributed by atoms with Crippen molar-refractivity contribution in [2.75, 3.05) is 6.54 Å². The van der Waals surface area contributed by atoms with Crippen LogP contribution in [-0.2, 0) is 5.60 Å². The second-order valence-electron chi connectivity index (χ2n) is 3.96. The van der Waals surface area contributed by atoms with E-state index in [0.29, 0.717) is 13.0 Å². The highest BCUT2D eigenvalue weighted by atomic mass is 32.1. The first-order valence-corrected chi connectivity index (χ1v) is 5.86. The lowest BCUT2D eigenvalue weighted by Crippen LogP contribution is -2.23. The molecule has 3 heteroatoms. The molecule has 1 heterocycles. The zero-order valence-electron chi connectivity index (χ0n) is 8.73. The van der Waals surface area contributed by atoms with Crippen LogP contribution in [0, 0.1) is 0 Å². The van der Waals surface area contributed by atoms with Crippen LogP contribution in [0.2, 0.25) is 0 Å². The largest absolute Gasteiger partial charge is 0.385 e. The molecule has 0 radical (unpaired) electrons. The molecule has 0 aliphatic rings. The van der Waals surface area contributed by atoms with Crippen LogP contribution in [0.4, 0.5) is 0 Å².